The van der Waals surface area contributed by atoms with Gasteiger partial charge in [0.1, 0.15) is 11.3 Å². The first kappa shape index (κ1) is 13.3. The molecular weight excluding hydrogens is 244 g/mol. The summed E-state index contributed by atoms with van der Waals surface area (Å²) in [6.45, 7) is 3.57. The van der Waals surface area contributed by atoms with Gasteiger partial charge in [0, 0.05) is 6.42 Å². The van der Waals surface area contributed by atoms with Crippen LogP contribution < -0.4 is 0 Å². The van der Waals surface area contributed by atoms with Gasteiger partial charge in [-0.15, -0.1) is 0 Å². The second-order valence-corrected chi connectivity index (χ2v) is 4.31. The van der Waals surface area contributed by atoms with E-state index in [0.717, 1.165) is 5.56 Å². The molecule has 2 rings (SSSR count). The van der Waals surface area contributed by atoms with Gasteiger partial charge in [0.05, 0.1) is 6.61 Å². The number of hydrogen-bond acceptors (Lipinski definition) is 4. The zero-order valence-corrected chi connectivity index (χ0v) is 11.0. The number of ether oxygens (including phenoxy) is 2. The van der Waals surface area contributed by atoms with E-state index in [4.69, 9.17) is 9.47 Å². The quantitative estimate of drug-likeness (QED) is 0.614. The fourth-order valence-corrected chi connectivity index (χ4v) is 2.07. The molecule has 0 spiro atoms. The van der Waals surface area contributed by atoms with Crippen molar-refractivity contribution >= 4 is 11.8 Å². The van der Waals surface area contributed by atoms with Crippen molar-refractivity contribution in [3.05, 3.63) is 47.2 Å². The number of hydrogen-bond donors (Lipinski definition) is 0. The molecule has 0 amide bonds. The molecule has 19 heavy (non-hydrogen) atoms. The highest BCUT2D eigenvalue weighted by Crippen LogP contribution is 2.25. The Hall–Kier alpha value is -2.10. The maximum Gasteiger partial charge on any atom is 0.345 e. The van der Waals surface area contributed by atoms with Crippen LogP contribution in [-0.2, 0) is 25.5 Å². The van der Waals surface area contributed by atoms with Crippen LogP contribution in [0.5, 0.6) is 0 Å². The predicted octanol–water partition coefficient (Wildman–Crippen LogP) is 2.03. The molecule has 1 aromatic rings. The molecule has 4 nitrogen and oxygen atoms in total. The van der Waals surface area contributed by atoms with Crippen molar-refractivity contribution in [1.82, 2.24) is 0 Å². The molecule has 0 fully saturated rings. The van der Waals surface area contributed by atoms with Gasteiger partial charge >= 0.3 is 5.97 Å². The number of Topliss-reactive ketones (excluding diaryl/α,β-unsaturated/α-hetero) is 1. The van der Waals surface area contributed by atoms with Gasteiger partial charge < -0.3 is 9.47 Å². The van der Waals surface area contributed by atoms with Crippen LogP contribution in [0.1, 0.15) is 19.4 Å². The number of benzene rings is 1. The summed E-state index contributed by atoms with van der Waals surface area (Å²) < 4.78 is 10.4. The Morgan fingerprint density at radius 2 is 2.00 bits per heavy atom. The molecule has 1 aliphatic rings. The molecule has 1 atom stereocenters. The van der Waals surface area contributed by atoms with Crippen molar-refractivity contribution in [2.24, 2.45) is 0 Å². The highest BCUT2D eigenvalue weighted by molar-refractivity contribution is 6.20. The fraction of sp³-hybridized carbons (Fsp3) is 0.333. The van der Waals surface area contributed by atoms with E-state index in [-0.39, 0.29) is 18.0 Å². The molecule has 1 unspecified atom stereocenters. The van der Waals surface area contributed by atoms with E-state index in [0.29, 0.717) is 12.2 Å². The van der Waals surface area contributed by atoms with Crippen LogP contribution in [0, 0.1) is 0 Å². The molecule has 0 saturated carbocycles. The highest BCUT2D eigenvalue weighted by atomic mass is 16.5. The third-order valence-corrected chi connectivity index (χ3v) is 2.95. The minimum atomic E-state index is -0.623. The van der Waals surface area contributed by atoms with E-state index in [1.165, 1.54) is 0 Å². The van der Waals surface area contributed by atoms with Gasteiger partial charge in [0.2, 0.25) is 5.78 Å². The van der Waals surface area contributed by atoms with Crippen LogP contribution in [0.2, 0.25) is 0 Å². The van der Waals surface area contributed by atoms with E-state index < -0.39 is 12.1 Å². The topological polar surface area (TPSA) is 52.6 Å². The summed E-state index contributed by atoms with van der Waals surface area (Å²) in [7, 11) is 0. The molecule has 100 valence electrons. The van der Waals surface area contributed by atoms with Gasteiger partial charge in [-0.1, -0.05) is 30.3 Å². The van der Waals surface area contributed by atoms with Gasteiger partial charge in [-0.25, -0.2) is 4.79 Å². The van der Waals surface area contributed by atoms with Crippen molar-refractivity contribution in [1.29, 1.82) is 0 Å². The first-order valence-electron chi connectivity index (χ1n) is 6.26. The summed E-state index contributed by atoms with van der Waals surface area (Å²) in [4.78, 5) is 23.8. The number of carbonyl (C=O) groups is 2. The third kappa shape index (κ3) is 2.84. The van der Waals surface area contributed by atoms with Crippen molar-refractivity contribution in [3.63, 3.8) is 0 Å². The molecule has 1 aliphatic heterocycles. The third-order valence-electron chi connectivity index (χ3n) is 2.95. The zero-order chi connectivity index (χ0) is 13.8. The van der Waals surface area contributed by atoms with Crippen LogP contribution in [0.25, 0.3) is 0 Å². The molecule has 1 aromatic carbocycles. The second-order valence-electron chi connectivity index (χ2n) is 4.31. The first-order valence-corrected chi connectivity index (χ1v) is 6.26. The number of carbonyl (C=O) groups excluding carboxylic acids is 2. The summed E-state index contributed by atoms with van der Waals surface area (Å²) in [5.41, 5.74) is 1.04. The van der Waals surface area contributed by atoms with Crippen molar-refractivity contribution in [3.8, 4) is 0 Å². The smallest absolute Gasteiger partial charge is 0.345 e. The molecular formula is C15H16O4. The highest BCUT2D eigenvalue weighted by Gasteiger charge is 2.37. The maximum atomic E-state index is 12.2. The lowest BCUT2D eigenvalue weighted by molar-refractivity contribution is -0.140. The standard InChI is InChI=1S/C15H16O4/c1-3-18-15(17)13-10(2)19-12(14(13)16)9-11-7-5-4-6-8-11/h4-8,12H,3,9H2,1-2H3. The average Bonchev–Trinajstić information content (AvgIpc) is 2.66. The van der Waals surface area contributed by atoms with Gasteiger partial charge in [-0.2, -0.15) is 0 Å². The lowest BCUT2D eigenvalue weighted by Gasteiger charge is -2.10. The SMILES string of the molecule is CCOC(=O)C1=C(C)OC(Cc2ccccc2)C1=O. The van der Waals surface area contributed by atoms with Crippen LogP contribution in [0.4, 0.5) is 0 Å². The van der Waals surface area contributed by atoms with E-state index >= 15 is 0 Å². The van der Waals surface area contributed by atoms with Crippen molar-refractivity contribution in [2.45, 2.75) is 26.4 Å². The molecule has 0 aromatic heterocycles. The number of ketones is 1. The Bertz CT molecular complexity index is 516. The van der Waals surface area contributed by atoms with Crippen molar-refractivity contribution in [2.75, 3.05) is 6.61 Å². The van der Waals surface area contributed by atoms with Crippen LogP contribution in [-0.4, -0.2) is 24.5 Å². The Balaban J connectivity index is 2.09. The average molecular weight is 260 g/mol. The Morgan fingerprint density at radius 1 is 1.32 bits per heavy atom. The Kier molecular flexibility index (Phi) is 4.00. The summed E-state index contributed by atoms with van der Waals surface area (Å²) in [6, 6.07) is 9.57. The van der Waals surface area contributed by atoms with E-state index in [1.807, 2.05) is 30.3 Å². The predicted molar refractivity (Wildman–Crippen MR) is 69.4 cm³/mol. The fourth-order valence-electron chi connectivity index (χ4n) is 2.07. The van der Waals surface area contributed by atoms with Gasteiger partial charge in [0.15, 0.2) is 6.10 Å². The van der Waals surface area contributed by atoms with Crippen LogP contribution in [0.15, 0.2) is 41.7 Å². The van der Waals surface area contributed by atoms with Crippen LogP contribution >= 0.6 is 0 Å². The summed E-state index contributed by atoms with van der Waals surface area (Å²) >= 11 is 0. The zero-order valence-electron chi connectivity index (χ0n) is 11.0. The molecule has 0 N–H and O–H groups in total. The normalized spacial score (nSPS) is 18.4. The lowest BCUT2D eigenvalue weighted by Crippen LogP contribution is -2.24. The first-order chi connectivity index (χ1) is 9.13. The summed E-state index contributed by atoms with van der Waals surface area (Å²) in [6.07, 6.45) is -0.165. The Labute approximate surface area is 112 Å². The minimum Gasteiger partial charge on any atom is -0.486 e. The molecule has 0 bridgehead atoms. The Morgan fingerprint density at radius 3 is 2.63 bits per heavy atom. The number of esters is 1. The summed E-state index contributed by atoms with van der Waals surface area (Å²) in [5.74, 6) is -0.537. The van der Waals surface area contributed by atoms with E-state index in [2.05, 4.69) is 0 Å². The molecule has 1 heterocycles. The van der Waals surface area contributed by atoms with Crippen molar-refractivity contribution < 1.29 is 19.1 Å². The monoisotopic (exact) mass is 260 g/mol. The molecule has 0 saturated heterocycles. The second kappa shape index (κ2) is 5.69. The maximum absolute atomic E-state index is 12.2. The number of rotatable bonds is 4. The van der Waals surface area contributed by atoms with Gasteiger partial charge in [0.25, 0.3) is 0 Å². The van der Waals surface area contributed by atoms with Crippen LogP contribution in [0.3, 0.4) is 0 Å². The van der Waals surface area contributed by atoms with E-state index in [1.54, 1.807) is 13.8 Å². The van der Waals surface area contributed by atoms with Gasteiger partial charge in [-0.05, 0) is 19.4 Å². The molecule has 0 aliphatic carbocycles. The largest absolute Gasteiger partial charge is 0.486 e. The minimum absolute atomic E-state index is 0.0442. The van der Waals surface area contributed by atoms with E-state index in [9.17, 15) is 9.59 Å². The van der Waals surface area contributed by atoms with Gasteiger partial charge in [-0.3, -0.25) is 4.79 Å². The lowest BCUT2D eigenvalue weighted by atomic mass is 10.0. The molecule has 4 heteroatoms. The molecule has 0 radical (unpaired) electrons. The summed E-state index contributed by atoms with van der Waals surface area (Å²) in [5, 5.41) is 0. The number of allylic oxidation sites excluding steroid dienone is 1.